The van der Waals surface area contributed by atoms with Gasteiger partial charge < -0.3 is 9.72 Å². The molecule has 0 saturated carbocycles. The molecule has 0 aliphatic carbocycles. The van der Waals surface area contributed by atoms with E-state index in [9.17, 15) is 4.79 Å². The molecule has 34 heavy (non-hydrogen) atoms. The molecule has 0 bridgehead atoms. The zero-order chi connectivity index (χ0) is 23.3. The average molecular weight is 495 g/mol. The third kappa shape index (κ3) is 4.97. The number of tetrazole rings is 2. The Morgan fingerprint density at radius 2 is 1.85 bits per heavy atom. The number of hydrogen-bond acceptors (Lipinski definition) is 10. The van der Waals surface area contributed by atoms with E-state index >= 15 is 0 Å². The minimum Gasteiger partial charge on any atom is -0.410 e. The summed E-state index contributed by atoms with van der Waals surface area (Å²) in [4.78, 5) is 17.9. The molecule has 0 spiro atoms. The van der Waals surface area contributed by atoms with E-state index in [1.807, 2.05) is 18.2 Å². The number of anilines is 1. The van der Waals surface area contributed by atoms with E-state index in [0.29, 0.717) is 34.3 Å². The fraction of sp³-hybridized carbons (Fsp3) is 0.200. The third-order valence-corrected chi connectivity index (χ3v) is 6.22. The Bertz CT molecular complexity index is 1430. The lowest BCUT2D eigenvalue weighted by Gasteiger charge is -2.22. The molecule has 5 aromatic rings. The van der Waals surface area contributed by atoms with E-state index < -0.39 is 6.09 Å². The number of nitrogens with one attached hydrogen (secondary N) is 3. The van der Waals surface area contributed by atoms with Gasteiger partial charge in [-0.1, -0.05) is 5.21 Å². The van der Waals surface area contributed by atoms with Gasteiger partial charge in [0.1, 0.15) is 5.75 Å². The molecule has 172 valence electrons. The number of aromatic amines is 3. The van der Waals surface area contributed by atoms with Crippen LogP contribution in [-0.4, -0.2) is 58.9 Å². The zero-order valence-corrected chi connectivity index (χ0v) is 19.3. The first kappa shape index (κ1) is 21.8. The molecule has 0 aliphatic heterocycles. The summed E-state index contributed by atoms with van der Waals surface area (Å²) in [6, 6.07) is 12.6. The number of carbonyl (C=O) groups is 1. The third-order valence-electron chi connectivity index (χ3n) is 5.02. The van der Waals surface area contributed by atoms with Crippen molar-refractivity contribution in [3.05, 3.63) is 52.2 Å². The maximum absolute atomic E-state index is 13.2. The van der Waals surface area contributed by atoms with Crippen molar-refractivity contribution in [2.24, 2.45) is 0 Å². The molecule has 0 fully saturated rings. The summed E-state index contributed by atoms with van der Waals surface area (Å²) in [7, 11) is 0. The summed E-state index contributed by atoms with van der Waals surface area (Å²) in [6.45, 7) is 0.457. The Hall–Kier alpha value is -4.04. The highest BCUT2D eigenvalue weighted by Gasteiger charge is 2.19. The first-order chi connectivity index (χ1) is 16.7. The first-order valence-corrected chi connectivity index (χ1v) is 11.6. The quantitative estimate of drug-likeness (QED) is 0.216. The number of aryl methyl sites for hydroxylation is 1. The molecule has 0 aliphatic rings. The molecule has 3 aromatic heterocycles. The molecule has 0 unspecified atom stereocenters. The minimum atomic E-state index is -0.481. The lowest BCUT2D eigenvalue weighted by atomic mass is 10.2. The van der Waals surface area contributed by atoms with Gasteiger partial charge in [-0.3, -0.25) is 4.90 Å². The van der Waals surface area contributed by atoms with Crippen molar-refractivity contribution >= 4 is 45.6 Å². The molecular formula is C20H18N10O2S2. The van der Waals surface area contributed by atoms with Gasteiger partial charge in [0.05, 0.1) is 10.2 Å². The number of ether oxygens (including phenoxy) is 1. The van der Waals surface area contributed by atoms with E-state index in [1.54, 1.807) is 29.2 Å². The number of hydrogen-bond donors (Lipinski definition) is 3. The fourth-order valence-electron chi connectivity index (χ4n) is 3.38. The SMILES string of the molecule is O=C(Oc1ccc(-c2nn[nH]n2)cc1)N(CCCCc1nn[nH]n1)c1ccc2[nH]c(=S)sc2c1. The van der Waals surface area contributed by atoms with Crippen molar-refractivity contribution in [1.82, 2.24) is 46.2 Å². The van der Waals surface area contributed by atoms with Gasteiger partial charge in [0, 0.05) is 24.2 Å². The van der Waals surface area contributed by atoms with Crippen LogP contribution in [0.25, 0.3) is 21.6 Å². The maximum atomic E-state index is 13.2. The number of aromatic nitrogens is 9. The van der Waals surface area contributed by atoms with Gasteiger partial charge in [-0.15, -0.1) is 31.7 Å². The van der Waals surface area contributed by atoms with Crippen molar-refractivity contribution in [2.75, 3.05) is 11.4 Å². The van der Waals surface area contributed by atoms with Crippen LogP contribution in [0.4, 0.5) is 10.5 Å². The summed E-state index contributed by atoms with van der Waals surface area (Å²) in [5, 5.41) is 27.8. The number of nitrogens with zero attached hydrogens (tertiary/aromatic N) is 7. The second kappa shape index (κ2) is 9.84. The number of carbonyl (C=O) groups excluding carboxylic acids is 1. The van der Waals surface area contributed by atoms with Gasteiger partial charge in [-0.2, -0.15) is 10.4 Å². The minimum absolute atomic E-state index is 0.410. The fourth-order valence-corrected chi connectivity index (χ4v) is 4.53. The Kier molecular flexibility index (Phi) is 6.31. The van der Waals surface area contributed by atoms with E-state index in [1.165, 1.54) is 11.3 Å². The highest BCUT2D eigenvalue weighted by Crippen LogP contribution is 2.27. The molecule has 12 nitrogen and oxygen atoms in total. The lowest BCUT2D eigenvalue weighted by Crippen LogP contribution is -2.34. The maximum Gasteiger partial charge on any atom is 0.419 e. The van der Waals surface area contributed by atoms with E-state index in [-0.39, 0.29) is 0 Å². The topological polar surface area (TPSA) is 154 Å². The summed E-state index contributed by atoms with van der Waals surface area (Å²) < 4.78 is 7.33. The van der Waals surface area contributed by atoms with Gasteiger partial charge in [0.25, 0.3) is 0 Å². The normalized spacial score (nSPS) is 11.1. The van der Waals surface area contributed by atoms with Crippen LogP contribution in [0.5, 0.6) is 5.75 Å². The van der Waals surface area contributed by atoms with Crippen LogP contribution in [0.1, 0.15) is 18.7 Å². The largest absolute Gasteiger partial charge is 0.419 e. The van der Waals surface area contributed by atoms with Gasteiger partial charge in [-0.05, 0) is 72.7 Å². The van der Waals surface area contributed by atoms with Crippen LogP contribution in [0.15, 0.2) is 42.5 Å². The first-order valence-electron chi connectivity index (χ1n) is 10.3. The van der Waals surface area contributed by atoms with Crippen LogP contribution in [-0.2, 0) is 6.42 Å². The van der Waals surface area contributed by atoms with Crippen molar-refractivity contribution in [3.8, 4) is 17.1 Å². The van der Waals surface area contributed by atoms with Crippen molar-refractivity contribution in [2.45, 2.75) is 19.3 Å². The van der Waals surface area contributed by atoms with Crippen molar-refractivity contribution < 1.29 is 9.53 Å². The van der Waals surface area contributed by atoms with Crippen LogP contribution < -0.4 is 9.64 Å². The Labute approximate surface area is 201 Å². The van der Waals surface area contributed by atoms with Gasteiger partial charge in [0.15, 0.2) is 9.78 Å². The highest BCUT2D eigenvalue weighted by molar-refractivity contribution is 7.73. The van der Waals surface area contributed by atoms with Crippen LogP contribution in [0, 0.1) is 3.95 Å². The predicted molar refractivity (Wildman–Crippen MR) is 127 cm³/mol. The molecule has 3 heterocycles. The van der Waals surface area contributed by atoms with Crippen molar-refractivity contribution in [3.63, 3.8) is 0 Å². The number of benzene rings is 2. The lowest BCUT2D eigenvalue weighted by molar-refractivity contribution is 0.207. The van der Waals surface area contributed by atoms with Gasteiger partial charge in [-0.25, -0.2) is 4.79 Å². The van der Waals surface area contributed by atoms with Gasteiger partial charge >= 0.3 is 6.09 Å². The molecule has 5 rings (SSSR count). The number of thiazole rings is 1. The molecule has 0 saturated heterocycles. The number of H-pyrrole nitrogens is 3. The molecule has 2 aromatic carbocycles. The van der Waals surface area contributed by atoms with E-state index in [4.69, 9.17) is 17.0 Å². The van der Waals surface area contributed by atoms with E-state index in [2.05, 4.69) is 46.2 Å². The van der Waals surface area contributed by atoms with Crippen LogP contribution in [0.3, 0.4) is 0 Å². The molecule has 14 heteroatoms. The average Bonchev–Trinajstić information content (AvgIpc) is 3.61. The summed E-state index contributed by atoms with van der Waals surface area (Å²) in [5.74, 6) is 1.51. The number of unbranched alkanes of at least 4 members (excludes halogenated alkanes) is 1. The van der Waals surface area contributed by atoms with Crippen LogP contribution >= 0.6 is 23.6 Å². The predicted octanol–water partition coefficient (Wildman–Crippen LogP) is 3.68. The molecule has 0 radical (unpaired) electrons. The Morgan fingerprint density at radius 1 is 1.03 bits per heavy atom. The van der Waals surface area contributed by atoms with Crippen molar-refractivity contribution in [1.29, 1.82) is 0 Å². The monoisotopic (exact) mass is 494 g/mol. The Balaban J connectivity index is 1.32. The summed E-state index contributed by atoms with van der Waals surface area (Å²) >= 11 is 6.71. The van der Waals surface area contributed by atoms with Gasteiger partial charge in [0.2, 0.25) is 5.82 Å². The zero-order valence-electron chi connectivity index (χ0n) is 17.6. The molecular weight excluding hydrogens is 476 g/mol. The number of fused-ring (bicyclic) bond motifs is 1. The molecule has 1 amide bonds. The van der Waals surface area contributed by atoms with Crippen LogP contribution in [0.2, 0.25) is 0 Å². The van der Waals surface area contributed by atoms with E-state index in [0.717, 1.165) is 34.3 Å². The molecule has 0 atom stereocenters. The summed E-state index contributed by atoms with van der Waals surface area (Å²) in [6.07, 6.45) is 1.69. The Morgan fingerprint density at radius 3 is 2.62 bits per heavy atom. The number of rotatable bonds is 8. The smallest absolute Gasteiger partial charge is 0.410 e. The second-order valence-corrected chi connectivity index (χ2v) is 8.98. The standard InChI is InChI=1S/C20H18N10O2S2/c31-20(32-14-7-4-12(5-8-14)18-24-28-29-25-18)30(10-2-1-3-17-22-26-27-23-17)13-6-9-15-16(11-13)34-19(33)21-15/h4-9,11H,1-3,10H2,(H,21,33)(H,22,23,26,27)(H,24,25,28,29). The molecule has 3 N–H and O–H groups in total. The summed E-state index contributed by atoms with van der Waals surface area (Å²) in [5.41, 5.74) is 2.41. The number of amides is 1. The second-order valence-electron chi connectivity index (χ2n) is 7.26. The highest BCUT2D eigenvalue weighted by atomic mass is 32.1.